The van der Waals surface area contributed by atoms with Crippen LogP contribution in [-0.2, 0) is 4.84 Å². The highest BCUT2D eigenvalue weighted by molar-refractivity contribution is 9.10. The number of nitrogens with zero attached hydrogens (tertiary/aromatic N) is 4. The van der Waals surface area contributed by atoms with E-state index in [1.807, 2.05) is 10.5 Å². The molecule has 2 aromatic heterocycles. The highest BCUT2D eigenvalue weighted by Crippen LogP contribution is 2.30. The van der Waals surface area contributed by atoms with E-state index in [9.17, 15) is 4.79 Å². The van der Waals surface area contributed by atoms with Crippen molar-refractivity contribution in [2.75, 3.05) is 45.2 Å². The minimum absolute atomic E-state index is 0.188. The third-order valence-corrected chi connectivity index (χ3v) is 4.47. The number of imidazole rings is 1. The van der Waals surface area contributed by atoms with Crippen LogP contribution in [0.25, 0.3) is 5.52 Å². The molecule has 8 heteroatoms. The van der Waals surface area contributed by atoms with Gasteiger partial charge in [-0.05, 0) is 22.0 Å². The summed E-state index contributed by atoms with van der Waals surface area (Å²) in [5.74, 6) is 0.665. The van der Waals surface area contributed by atoms with Gasteiger partial charge in [-0.1, -0.05) is 0 Å². The van der Waals surface area contributed by atoms with Crippen LogP contribution in [-0.4, -0.2) is 60.7 Å². The lowest BCUT2D eigenvalue weighted by Crippen LogP contribution is -2.45. The summed E-state index contributed by atoms with van der Waals surface area (Å²) in [7, 11) is 3.09. The van der Waals surface area contributed by atoms with Crippen molar-refractivity contribution in [1.29, 1.82) is 0 Å². The van der Waals surface area contributed by atoms with E-state index in [-0.39, 0.29) is 5.91 Å². The summed E-state index contributed by atoms with van der Waals surface area (Å²) >= 11 is 3.52. The summed E-state index contributed by atoms with van der Waals surface area (Å²) in [6, 6.07) is 1.84. The zero-order valence-corrected chi connectivity index (χ0v) is 14.1. The second-order valence-corrected chi connectivity index (χ2v) is 5.96. The molecular weight excluding hydrogens is 350 g/mol. The van der Waals surface area contributed by atoms with Crippen LogP contribution in [0.2, 0.25) is 0 Å². The molecule has 0 unspecified atom stereocenters. The SMILES string of the molecule is CON(C)C(=O)c1cc(Br)c2cncn2c1N1CCNCC1. The fourth-order valence-corrected chi connectivity index (χ4v) is 3.17. The summed E-state index contributed by atoms with van der Waals surface area (Å²) in [5, 5.41) is 4.56. The predicted molar refractivity (Wildman–Crippen MR) is 87.1 cm³/mol. The molecule has 3 heterocycles. The van der Waals surface area contributed by atoms with Crippen molar-refractivity contribution in [1.82, 2.24) is 19.8 Å². The first-order valence-electron chi connectivity index (χ1n) is 7.06. The number of halogens is 1. The van der Waals surface area contributed by atoms with Gasteiger partial charge in [-0.2, -0.15) is 0 Å². The van der Waals surface area contributed by atoms with E-state index in [1.54, 1.807) is 19.6 Å². The van der Waals surface area contributed by atoms with Crippen LogP contribution in [0, 0.1) is 0 Å². The van der Waals surface area contributed by atoms with Crippen LogP contribution in [0.4, 0.5) is 5.82 Å². The molecule has 22 heavy (non-hydrogen) atoms. The Balaban J connectivity index is 2.18. The monoisotopic (exact) mass is 367 g/mol. The maximum absolute atomic E-state index is 12.7. The lowest BCUT2D eigenvalue weighted by molar-refractivity contribution is -0.0756. The normalized spacial score (nSPS) is 15.3. The molecule has 0 spiro atoms. The number of hydrogen-bond acceptors (Lipinski definition) is 5. The third-order valence-electron chi connectivity index (χ3n) is 3.83. The zero-order chi connectivity index (χ0) is 15.7. The lowest BCUT2D eigenvalue weighted by atomic mass is 10.2. The van der Waals surface area contributed by atoms with E-state index in [0.29, 0.717) is 5.56 Å². The van der Waals surface area contributed by atoms with E-state index in [0.717, 1.165) is 42.0 Å². The second-order valence-electron chi connectivity index (χ2n) is 5.10. The standard InChI is InChI=1S/C14H18BrN5O2/c1-18(22-2)14(21)10-7-11(15)12-8-17-9-20(12)13(10)19-5-3-16-4-6-19/h7-9,16H,3-6H2,1-2H3. The molecule has 1 N–H and O–H groups in total. The first-order valence-corrected chi connectivity index (χ1v) is 7.85. The number of aromatic nitrogens is 2. The second kappa shape index (κ2) is 6.23. The van der Waals surface area contributed by atoms with E-state index in [4.69, 9.17) is 4.84 Å². The Hall–Kier alpha value is -1.64. The number of carbonyl (C=O) groups is 1. The molecular formula is C14H18BrN5O2. The Labute approximate surface area is 136 Å². The third kappa shape index (κ3) is 2.57. The molecule has 1 amide bonds. The van der Waals surface area contributed by atoms with Gasteiger partial charge in [0.15, 0.2) is 0 Å². The fraction of sp³-hybridized carbons (Fsp3) is 0.429. The molecule has 1 aliphatic heterocycles. The minimum atomic E-state index is -0.188. The van der Waals surface area contributed by atoms with Crippen LogP contribution >= 0.6 is 15.9 Å². The van der Waals surface area contributed by atoms with E-state index in [1.165, 1.54) is 12.2 Å². The molecule has 0 saturated carbocycles. The van der Waals surface area contributed by atoms with Gasteiger partial charge in [-0.3, -0.25) is 14.0 Å². The fourth-order valence-electron chi connectivity index (χ4n) is 2.64. The van der Waals surface area contributed by atoms with Crippen LogP contribution in [0.5, 0.6) is 0 Å². The number of nitrogens with one attached hydrogen (secondary N) is 1. The molecule has 118 valence electrons. The molecule has 1 fully saturated rings. The number of carbonyl (C=O) groups excluding carboxylic acids is 1. The summed E-state index contributed by atoms with van der Waals surface area (Å²) in [4.78, 5) is 24.1. The quantitative estimate of drug-likeness (QED) is 0.824. The number of pyridine rings is 1. The number of rotatable bonds is 3. The smallest absolute Gasteiger partial charge is 0.280 e. The molecule has 0 aromatic carbocycles. The van der Waals surface area contributed by atoms with Gasteiger partial charge in [-0.15, -0.1) is 0 Å². The number of piperazine rings is 1. The van der Waals surface area contributed by atoms with Gasteiger partial charge in [0, 0.05) is 37.7 Å². The topological polar surface area (TPSA) is 62.1 Å². The summed E-state index contributed by atoms with van der Waals surface area (Å²) < 4.78 is 2.78. The first-order chi connectivity index (χ1) is 10.6. The molecule has 1 saturated heterocycles. The summed E-state index contributed by atoms with van der Waals surface area (Å²) in [5.41, 5.74) is 1.52. The molecule has 0 bridgehead atoms. The Morgan fingerprint density at radius 2 is 2.18 bits per heavy atom. The average molecular weight is 368 g/mol. The minimum Gasteiger partial charge on any atom is -0.354 e. The molecule has 0 atom stereocenters. The largest absolute Gasteiger partial charge is 0.354 e. The van der Waals surface area contributed by atoms with Crippen LogP contribution in [0.1, 0.15) is 10.4 Å². The van der Waals surface area contributed by atoms with E-state index < -0.39 is 0 Å². The van der Waals surface area contributed by atoms with Crippen molar-refractivity contribution in [3.05, 3.63) is 28.6 Å². The van der Waals surface area contributed by atoms with Gasteiger partial charge < -0.3 is 10.2 Å². The van der Waals surface area contributed by atoms with Crippen molar-refractivity contribution in [3.63, 3.8) is 0 Å². The number of amides is 1. The van der Waals surface area contributed by atoms with Crippen molar-refractivity contribution in [3.8, 4) is 0 Å². The van der Waals surface area contributed by atoms with Gasteiger partial charge >= 0.3 is 0 Å². The van der Waals surface area contributed by atoms with Crippen molar-refractivity contribution >= 4 is 33.2 Å². The molecule has 3 rings (SSSR count). The number of anilines is 1. The van der Waals surface area contributed by atoms with Crippen LogP contribution in [0.3, 0.4) is 0 Å². The van der Waals surface area contributed by atoms with Gasteiger partial charge in [-0.25, -0.2) is 10.0 Å². The number of hydroxylamine groups is 2. The molecule has 0 radical (unpaired) electrons. The predicted octanol–water partition coefficient (Wildman–Crippen LogP) is 1.14. The van der Waals surface area contributed by atoms with Gasteiger partial charge in [0.1, 0.15) is 12.1 Å². The molecule has 2 aromatic rings. The highest BCUT2D eigenvalue weighted by Gasteiger charge is 2.25. The molecule has 1 aliphatic rings. The van der Waals surface area contributed by atoms with Crippen LogP contribution in [0.15, 0.2) is 23.1 Å². The Kier molecular flexibility index (Phi) is 4.32. The Bertz CT molecular complexity index is 696. The zero-order valence-electron chi connectivity index (χ0n) is 12.5. The van der Waals surface area contributed by atoms with Crippen molar-refractivity contribution in [2.24, 2.45) is 0 Å². The Morgan fingerprint density at radius 3 is 2.86 bits per heavy atom. The van der Waals surface area contributed by atoms with E-state index in [2.05, 4.69) is 31.1 Å². The van der Waals surface area contributed by atoms with Crippen molar-refractivity contribution in [2.45, 2.75) is 0 Å². The van der Waals surface area contributed by atoms with Gasteiger partial charge in [0.2, 0.25) is 0 Å². The Morgan fingerprint density at radius 1 is 1.45 bits per heavy atom. The highest BCUT2D eigenvalue weighted by atomic mass is 79.9. The van der Waals surface area contributed by atoms with E-state index >= 15 is 0 Å². The maximum atomic E-state index is 12.7. The first kappa shape index (κ1) is 15.3. The molecule has 7 nitrogen and oxygen atoms in total. The van der Waals surface area contributed by atoms with Crippen LogP contribution < -0.4 is 10.2 Å². The van der Waals surface area contributed by atoms with Crippen molar-refractivity contribution < 1.29 is 9.63 Å². The van der Waals surface area contributed by atoms with Gasteiger partial charge in [0.25, 0.3) is 5.91 Å². The molecule has 0 aliphatic carbocycles. The lowest BCUT2D eigenvalue weighted by Gasteiger charge is -2.32. The average Bonchev–Trinajstić information content (AvgIpc) is 3.04. The number of hydrogen-bond donors (Lipinski definition) is 1. The number of fused-ring (bicyclic) bond motifs is 1. The summed E-state index contributed by atoms with van der Waals surface area (Å²) in [6.07, 6.45) is 3.52. The van der Waals surface area contributed by atoms with Gasteiger partial charge in [0.05, 0.1) is 24.4 Å². The maximum Gasteiger partial charge on any atom is 0.280 e. The summed E-state index contributed by atoms with van der Waals surface area (Å²) in [6.45, 7) is 3.46.